The lowest BCUT2D eigenvalue weighted by molar-refractivity contribution is 0.0204. The number of hydrogen-bond donors (Lipinski definition) is 0. The number of rotatable bonds is 5. The van der Waals surface area contributed by atoms with Gasteiger partial charge in [0.25, 0.3) is 0 Å². The largest absolute Gasteiger partial charge is 0.487 e. The van der Waals surface area contributed by atoms with Crippen LogP contribution in [-0.4, -0.2) is 52.1 Å². The summed E-state index contributed by atoms with van der Waals surface area (Å²) >= 11 is 0.0288. The Morgan fingerprint density at radius 3 is 2.45 bits per heavy atom. The molecule has 2 fully saturated rings. The molecule has 0 atom stereocenters. The van der Waals surface area contributed by atoms with Crippen molar-refractivity contribution in [2.24, 2.45) is 0 Å². The highest BCUT2D eigenvalue weighted by Crippen LogP contribution is 2.31. The standard InChI is InChI=1S/C23H30N2O6S2/c1-23(2,3)31-22(26)25-10-8-17(9-11-25)21-24-19(15-32-21)14-28-20-6-4-16(5-7-20)18-12-29-33(27)30-13-18/h4-7,15,17-18H,8-14H2,1-3H3. The summed E-state index contributed by atoms with van der Waals surface area (Å²) in [4.78, 5) is 18.8. The highest BCUT2D eigenvalue weighted by atomic mass is 32.2. The van der Waals surface area contributed by atoms with Gasteiger partial charge in [0.15, 0.2) is 0 Å². The molecule has 1 aromatic heterocycles. The topological polar surface area (TPSA) is 87.2 Å². The van der Waals surface area contributed by atoms with Gasteiger partial charge >= 0.3 is 17.5 Å². The van der Waals surface area contributed by atoms with Gasteiger partial charge in [0.2, 0.25) is 0 Å². The van der Waals surface area contributed by atoms with Crippen molar-refractivity contribution in [3.8, 4) is 5.75 Å². The zero-order chi connectivity index (χ0) is 23.4. The zero-order valence-electron chi connectivity index (χ0n) is 19.2. The van der Waals surface area contributed by atoms with Gasteiger partial charge in [-0.25, -0.2) is 9.78 Å². The van der Waals surface area contributed by atoms with Crippen molar-refractivity contribution in [2.75, 3.05) is 26.3 Å². The SMILES string of the molecule is CC(C)(C)OC(=O)N1CCC(c2nc(COc3ccc(C4COS(=O)OC4)cc3)cs2)CC1. The normalized spacial score (nSPS) is 22.2. The molecule has 0 spiro atoms. The van der Waals surface area contributed by atoms with Crippen molar-refractivity contribution in [2.45, 2.75) is 57.7 Å². The molecule has 4 rings (SSSR count). The van der Waals surface area contributed by atoms with E-state index in [4.69, 9.17) is 22.8 Å². The van der Waals surface area contributed by atoms with Crippen molar-refractivity contribution in [3.05, 3.63) is 45.9 Å². The van der Waals surface area contributed by atoms with Crippen LogP contribution < -0.4 is 4.74 Å². The molecule has 0 saturated carbocycles. The Labute approximate surface area is 201 Å². The molecule has 8 nitrogen and oxygen atoms in total. The number of nitrogens with zero attached hydrogens (tertiary/aromatic N) is 2. The van der Waals surface area contributed by atoms with Crippen molar-refractivity contribution >= 4 is 28.8 Å². The van der Waals surface area contributed by atoms with Crippen LogP contribution in [0.25, 0.3) is 0 Å². The number of carbonyl (C=O) groups is 1. The predicted octanol–water partition coefficient (Wildman–Crippen LogP) is 4.55. The fourth-order valence-corrected chi connectivity index (χ4v) is 5.35. The summed E-state index contributed by atoms with van der Waals surface area (Å²) in [5, 5.41) is 3.14. The van der Waals surface area contributed by atoms with E-state index in [0.29, 0.717) is 38.8 Å². The Balaban J connectivity index is 1.24. The van der Waals surface area contributed by atoms with Gasteiger partial charge in [-0.15, -0.1) is 11.3 Å². The third kappa shape index (κ3) is 6.75. The molecule has 1 aromatic carbocycles. The lowest BCUT2D eigenvalue weighted by Gasteiger charge is -2.32. The summed E-state index contributed by atoms with van der Waals surface area (Å²) in [6.07, 6.45) is 1.53. The van der Waals surface area contributed by atoms with Crippen LogP contribution in [0.2, 0.25) is 0 Å². The highest BCUT2D eigenvalue weighted by Gasteiger charge is 2.28. The number of thiazole rings is 1. The molecule has 0 bridgehead atoms. The lowest BCUT2D eigenvalue weighted by Crippen LogP contribution is -2.41. The lowest BCUT2D eigenvalue weighted by atomic mass is 9.98. The maximum atomic E-state index is 12.3. The summed E-state index contributed by atoms with van der Waals surface area (Å²) in [5.41, 5.74) is 1.50. The Kier molecular flexibility index (Phi) is 7.68. The van der Waals surface area contributed by atoms with Crippen LogP contribution in [0.15, 0.2) is 29.6 Å². The first-order valence-corrected chi connectivity index (χ1v) is 13.0. The van der Waals surface area contributed by atoms with Crippen LogP contribution in [-0.2, 0) is 31.1 Å². The second kappa shape index (κ2) is 10.5. The predicted molar refractivity (Wildman–Crippen MR) is 125 cm³/mol. The smallest absolute Gasteiger partial charge is 0.410 e. The fraction of sp³-hybridized carbons (Fsp3) is 0.565. The van der Waals surface area contributed by atoms with E-state index in [0.717, 1.165) is 34.9 Å². The minimum absolute atomic E-state index is 0.0691. The number of amides is 1. The van der Waals surface area contributed by atoms with Crippen LogP contribution in [0.5, 0.6) is 5.75 Å². The summed E-state index contributed by atoms with van der Waals surface area (Å²) in [5.74, 6) is 1.19. The average Bonchev–Trinajstić information content (AvgIpc) is 3.27. The van der Waals surface area contributed by atoms with Gasteiger partial charge in [-0.1, -0.05) is 12.1 Å². The average molecular weight is 495 g/mol. The molecular formula is C23H30N2O6S2. The highest BCUT2D eigenvalue weighted by molar-refractivity contribution is 7.75. The quantitative estimate of drug-likeness (QED) is 0.603. The number of benzene rings is 1. The number of aromatic nitrogens is 1. The fourth-order valence-electron chi connectivity index (χ4n) is 3.76. The van der Waals surface area contributed by atoms with Gasteiger partial charge in [0.1, 0.15) is 18.0 Å². The van der Waals surface area contributed by atoms with Crippen molar-refractivity contribution in [1.29, 1.82) is 0 Å². The first kappa shape index (κ1) is 24.1. The maximum absolute atomic E-state index is 12.3. The summed E-state index contributed by atoms with van der Waals surface area (Å²) in [6, 6.07) is 7.79. The molecule has 1 amide bonds. The van der Waals surface area contributed by atoms with Gasteiger partial charge in [0.05, 0.1) is 23.9 Å². The molecule has 0 unspecified atom stereocenters. The van der Waals surface area contributed by atoms with E-state index >= 15 is 0 Å². The van der Waals surface area contributed by atoms with Crippen molar-refractivity contribution in [1.82, 2.24) is 9.88 Å². The molecule has 2 aliphatic rings. The molecule has 0 radical (unpaired) electrons. The van der Waals surface area contributed by atoms with Crippen molar-refractivity contribution < 1.29 is 26.8 Å². The summed E-state index contributed by atoms with van der Waals surface area (Å²) in [7, 11) is 0. The monoisotopic (exact) mass is 494 g/mol. The summed E-state index contributed by atoms with van der Waals surface area (Å²) in [6.45, 7) is 8.19. The number of likely N-dealkylation sites (tertiary alicyclic amines) is 1. The molecule has 0 N–H and O–H groups in total. The maximum Gasteiger partial charge on any atom is 0.410 e. The van der Waals surface area contributed by atoms with Gasteiger partial charge in [-0.05, 0) is 51.3 Å². The van der Waals surface area contributed by atoms with Gasteiger partial charge < -0.3 is 14.4 Å². The summed E-state index contributed by atoms with van der Waals surface area (Å²) < 4.78 is 32.6. The van der Waals surface area contributed by atoms with E-state index in [2.05, 4.69) is 0 Å². The molecule has 0 aliphatic carbocycles. The van der Waals surface area contributed by atoms with Gasteiger partial charge in [-0.3, -0.25) is 8.37 Å². The molecular weight excluding hydrogens is 464 g/mol. The molecule has 2 aromatic rings. The van der Waals surface area contributed by atoms with Crippen LogP contribution in [0.1, 0.15) is 61.7 Å². The molecule has 3 heterocycles. The van der Waals surface area contributed by atoms with Crippen LogP contribution in [0.3, 0.4) is 0 Å². The van der Waals surface area contributed by atoms with E-state index in [-0.39, 0.29) is 12.0 Å². The van der Waals surface area contributed by atoms with Crippen LogP contribution >= 0.6 is 11.3 Å². The Bertz CT molecular complexity index is 954. The number of carbonyl (C=O) groups excluding carboxylic acids is 1. The van der Waals surface area contributed by atoms with Crippen LogP contribution in [0.4, 0.5) is 4.79 Å². The third-order valence-electron chi connectivity index (χ3n) is 5.53. The zero-order valence-corrected chi connectivity index (χ0v) is 20.8. The number of hydrogen-bond acceptors (Lipinski definition) is 8. The minimum atomic E-state index is -1.62. The number of ether oxygens (including phenoxy) is 2. The van der Waals surface area contributed by atoms with E-state index in [1.165, 1.54) is 0 Å². The Morgan fingerprint density at radius 2 is 1.82 bits per heavy atom. The van der Waals surface area contributed by atoms with E-state index in [1.807, 2.05) is 50.4 Å². The molecule has 2 saturated heterocycles. The second-order valence-corrected chi connectivity index (χ2v) is 11.0. The van der Waals surface area contributed by atoms with Crippen molar-refractivity contribution in [3.63, 3.8) is 0 Å². The Morgan fingerprint density at radius 1 is 1.15 bits per heavy atom. The minimum Gasteiger partial charge on any atom is -0.487 e. The second-order valence-electron chi connectivity index (χ2n) is 9.25. The molecule has 33 heavy (non-hydrogen) atoms. The number of piperidine rings is 1. The van der Waals surface area contributed by atoms with E-state index in [9.17, 15) is 9.00 Å². The van der Waals surface area contributed by atoms with Gasteiger partial charge in [0, 0.05) is 30.3 Å². The molecule has 2 aliphatic heterocycles. The Hall–Kier alpha value is -2.01. The molecule has 180 valence electrons. The first-order chi connectivity index (χ1) is 15.8. The first-order valence-electron chi connectivity index (χ1n) is 11.1. The van der Waals surface area contributed by atoms with Crippen LogP contribution in [0, 0.1) is 0 Å². The van der Waals surface area contributed by atoms with E-state index in [1.54, 1.807) is 16.2 Å². The third-order valence-corrected chi connectivity index (χ3v) is 7.25. The van der Waals surface area contributed by atoms with E-state index < -0.39 is 17.0 Å². The van der Waals surface area contributed by atoms with Gasteiger partial charge in [-0.2, -0.15) is 4.21 Å². The molecule has 10 heteroatoms.